The van der Waals surface area contributed by atoms with Gasteiger partial charge in [0, 0.05) is 12.3 Å². The Morgan fingerprint density at radius 3 is 2.62 bits per heavy atom. The number of benzene rings is 1. The van der Waals surface area contributed by atoms with Gasteiger partial charge >= 0.3 is 0 Å². The molecule has 1 aromatic carbocycles. The van der Waals surface area contributed by atoms with Crippen LogP contribution in [0.1, 0.15) is 35.5 Å². The molecule has 1 aromatic heterocycles. The molecule has 2 atom stereocenters. The van der Waals surface area contributed by atoms with E-state index < -0.39 is 6.04 Å². The lowest BCUT2D eigenvalue weighted by atomic mass is 10.1. The van der Waals surface area contributed by atoms with Crippen molar-refractivity contribution in [3.8, 4) is 0 Å². The molecular formula is C20H24N2O2S2. The average molecular weight is 389 g/mol. The van der Waals surface area contributed by atoms with E-state index in [2.05, 4.69) is 19.2 Å². The Balaban J connectivity index is 1.73. The fraction of sp³-hybridized carbons (Fsp3) is 0.400. The van der Waals surface area contributed by atoms with Gasteiger partial charge in [0.25, 0.3) is 5.91 Å². The van der Waals surface area contributed by atoms with Crippen LogP contribution in [0.15, 0.2) is 47.8 Å². The van der Waals surface area contributed by atoms with Crippen LogP contribution in [0.5, 0.6) is 0 Å². The molecule has 2 heterocycles. The molecule has 1 fully saturated rings. The fourth-order valence-corrected chi connectivity index (χ4v) is 5.36. The second-order valence-electron chi connectivity index (χ2n) is 6.83. The number of amides is 2. The van der Waals surface area contributed by atoms with Gasteiger partial charge in [0.05, 0.1) is 10.3 Å². The van der Waals surface area contributed by atoms with Crippen LogP contribution in [-0.2, 0) is 11.3 Å². The molecule has 0 saturated carbocycles. The maximum Gasteiger partial charge on any atom is 0.265 e. The highest BCUT2D eigenvalue weighted by Gasteiger charge is 2.42. The van der Waals surface area contributed by atoms with E-state index in [9.17, 15) is 9.59 Å². The van der Waals surface area contributed by atoms with Crippen molar-refractivity contribution in [1.29, 1.82) is 0 Å². The highest BCUT2D eigenvalue weighted by atomic mass is 32.2. The largest absolute Gasteiger partial charge is 0.350 e. The summed E-state index contributed by atoms with van der Waals surface area (Å²) < 4.78 is 0. The van der Waals surface area contributed by atoms with E-state index in [1.165, 1.54) is 11.3 Å². The number of hydrogen-bond acceptors (Lipinski definition) is 4. The summed E-state index contributed by atoms with van der Waals surface area (Å²) >= 11 is 3.14. The van der Waals surface area contributed by atoms with Crippen LogP contribution in [0.4, 0.5) is 0 Å². The van der Waals surface area contributed by atoms with Gasteiger partial charge in [-0.05, 0) is 29.3 Å². The first-order chi connectivity index (χ1) is 12.6. The van der Waals surface area contributed by atoms with Crippen LogP contribution in [-0.4, -0.2) is 33.9 Å². The zero-order valence-electron chi connectivity index (χ0n) is 15.1. The Morgan fingerprint density at radius 2 is 1.96 bits per heavy atom. The lowest BCUT2D eigenvalue weighted by Gasteiger charge is -2.29. The van der Waals surface area contributed by atoms with Crippen molar-refractivity contribution in [2.45, 2.75) is 38.2 Å². The third-order valence-electron chi connectivity index (χ3n) is 4.34. The average Bonchev–Trinajstić information content (AvgIpc) is 3.29. The van der Waals surface area contributed by atoms with Crippen molar-refractivity contribution in [3.63, 3.8) is 0 Å². The summed E-state index contributed by atoms with van der Waals surface area (Å²) in [7, 11) is 0. The summed E-state index contributed by atoms with van der Waals surface area (Å²) in [6.45, 7) is 4.78. The number of nitrogens with zero attached hydrogens (tertiary/aromatic N) is 1. The summed E-state index contributed by atoms with van der Waals surface area (Å²) in [6, 6.07) is 13.1. The Morgan fingerprint density at radius 1 is 1.19 bits per heavy atom. The molecule has 3 rings (SSSR count). The van der Waals surface area contributed by atoms with Gasteiger partial charge in [-0.15, -0.1) is 23.1 Å². The number of carbonyl (C=O) groups excluding carboxylic acids is 2. The second kappa shape index (κ2) is 8.73. The number of thiophene rings is 1. The summed E-state index contributed by atoms with van der Waals surface area (Å²) in [5.41, 5.74) is 1.06. The highest BCUT2D eigenvalue weighted by molar-refractivity contribution is 8.00. The van der Waals surface area contributed by atoms with Gasteiger partial charge < -0.3 is 10.2 Å². The minimum Gasteiger partial charge on any atom is -0.350 e. The second-order valence-corrected chi connectivity index (χ2v) is 8.98. The Bertz CT molecular complexity index is 732. The van der Waals surface area contributed by atoms with E-state index in [4.69, 9.17) is 0 Å². The number of nitrogens with one attached hydrogen (secondary N) is 1. The molecule has 26 heavy (non-hydrogen) atoms. The highest BCUT2D eigenvalue weighted by Crippen LogP contribution is 2.35. The Kier molecular flexibility index (Phi) is 6.38. The van der Waals surface area contributed by atoms with E-state index in [1.807, 2.05) is 47.8 Å². The van der Waals surface area contributed by atoms with Gasteiger partial charge in [0.15, 0.2) is 0 Å². The fourth-order valence-electron chi connectivity index (χ4n) is 3.05. The molecule has 1 aliphatic rings. The van der Waals surface area contributed by atoms with Crippen LogP contribution >= 0.6 is 23.1 Å². The number of carbonyl (C=O) groups is 2. The Hall–Kier alpha value is -1.79. The maximum absolute atomic E-state index is 13.0. The van der Waals surface area contributed by atoms with Gasteiger partial charge in [-0.2, -0.15) is 0 Å². The van der Waals surface area contributed by atoms with Crippen molar-refractivity contribution in [2.75, 3.05) is 5.75 Å². The third kappa shape index (κ3) is 4.48. The normalized spacial score (nSPS) is 19.7. The molecule has 138 valence electrons. The Labute approximate surface area is 163 Å². The van der Waals surface area contributed by atoms with Crippen molar-refractivity contribution < 1.29 is 9.59 Å². The summed E-state index contributed by atoms with van der Waals surface area (Å²) in [4.78, 5) is 28.4. The molecule has 0 aliphatic carbocycles. The first-order valence-electron chi connectivity index (χ1n) is 8.85. The van der Waals surface area contributed by atoms with Crippen molar-refractivity contribution in [1.82, 2.24) is 10.2 Å². The van der Waals surface area contributed by atoms with Crippen LogP contribution in [0.3, 0.4) is 0 Å². The van der Waals surface area contributed by atoms with Gasteiger partial charge in [-0.3, -0.25) is 9.59 Å². The van der Waals surface area contributed by atoms with Gasteiger partial charge in [-0.25, -0.2) is 0 Å². The molecule has 4 nitrogen and oxygen atoms in total. The molecular weight excluding hydrogens is 364 g/mol. The number of hydrogen-bond donors (Lipinski definition) is 1. The zero-order valence-corrected chi connectivity index (χ0v) is 16.7. The maximum atomic E-state index is 13.0. The first kappa shape index (κ1) is 19.0. The van der Waals surface area contributed by atoms with Crippen molar-refractivity contribution >= 4 is 34.9 Å². The van der Waals surface area contributed by atoms with Crippen molar-refractivity contribution in [3.05, 3.63) is 58.3 Å². The minimum absolute atomic E-state index is 0.0319. The molecule has 1 aliphatic heterocycles. The smallest absolute Gasteiger partial charge is 0.265 e. The summed E-state index contributed by atoms with van der Waals surface area (Å²) in [5.74, 6) is 1.01. The summed E-state index contributed by atoms with van der Waals surface area (Å²) in [5, 5.41) is 4.96. The van der Waals surface area contributed by atoms with E-state index in [-0.39, 0.29) is 17.2 Å². The van der Waals surface area contributed by atoms with Gasteiger partial charge in [0.1, 0.15) is 6.04 Å². The number of rotatable bonds is 6. The molecule has 0 spiro atoms. The van der Waals surface area contributed by atoms with Gasteiger partial charge in [-0.1, -0.05) is 50.2 Å². The van der Waals surface area contributed by atoms with E-state index in [1.54, 1.807) is 16.7 Å². The van der Waals surface area contributed by atoms with Gasteiger partial charge in [0.2, 0.25) is 5.91 Å². The predicted octanol–water partition coefficient (Wildman–Crippen LogP) is 3.99. The molecule has 2 unspecified atom stereocenters. The summed E-state index contributed by atoms with van der Waals surface area (Å²) in [6.07, 6.45) is 0.893. The molecule has 6 heteroatoms. The van der Waals surface area contributed by atoms with Crippen LogP contribution in [0.2, 0.25) is 0 Å². The SMILES string of the molecule is CC(C)CC1SCC(C(=O)NCc2ccccc2)N1C(=O)c1cccs1. The van der Waals surface area contributed by atoms with Crippen molar-refractivity contribution in [2.24, 2.45) is 5.92 Å². The molecule has 0 bridgehead atoms. The minimum atomic E-state index is -0.415. The van der Waals surface area contributed by atoms with Crippen LogP contribution in [0.25, 0.3) is 0 Å². The topological polar surface area (TPSA) is 49.4 Å². The lowest BCUT2D eigenvalue weighted by molar-refractivity contribution is -0.125. The van der Waals surface area contributed by atoms with Crippen LogP contribution < -0.4 is 5.32 Å². The molecule has 1 saturated heterocycles. The third-order valence-corrected chi connectivity index (χ3v) is 6.51. The van der Waals surface area contributed by atoms with E-state index in [0.717, 1.165) is 12.0 Å². The van der Waals surface area contributed by atoms with E-state index in [0.29, 0.717) is 23.1 Å². The molecule has 2 amide bonds. The predicted molar refractivity (Wildman–Crippen MR) is 108 cm³/mol. The van der Waals surface area contributed by atoms with Crippen LogP contribution in [0, 0.1) is 5.92 Å². The quantitative estimate of drug-likeness (QED) is 0.814. The molecule has 1 N–H and O–H groups in total. The standard InChI is InChI=1S/C20H24N2O2S2/c1-14(2)11-18-22(20(24)17-9-6-10-25-17)16(13-26-18)19(23)21-12-15-7-4-3-5-8-15/h3-10,14,16,18H,11-13H2,1-2H3,(H,21,23). The monoisotopic (exact) mass is 388 g/mol. The first-order valence-corrected chi connectivity index (χ1v) is 10.8. The molecule has 0 radical (unpaired) electrons. The van der Waals surface area contributed by atoms with E-state index >= 15 is 0 Å². The zero-order chi connectivity index (χ0) is 18.5. The number of thioether (sulfide) groups is 1. The molecule has 2 aromatic rings. The lowest BCUT2D eigenvalue weighted by Crippen LogP contribution is -2.49.